The first-order chi connectivity index (χ1) is 8.01. The van der Waals surface area contributed by atoms with E-state index in [1.165, 1.54) is 0 Å². The van der Waals surface area contributed by atoms with Gasteiger partial charge in [0, 0.05) is 12.6 Å². The smallest absolute Gasteiger partial charge is 0.241 e. The number of rotatable bonds is 6. The van der Waals surface area contributed by atoms with Crippen LogP contribution in [0.5, 0.6) is 0 Å². The van der Waals surface area contributed by atoms with Crippen LogP contribution in [0.25, 0.3) is 0 Å². The molecule has 3 atom stereocenters. The van der Waals surface area contributed by atoms with Gasteiger partial charge in [0.1, 0.15) is 0 Å². The molecule has 1 saturated heterocycles. The Morgan fingerprint density at radius 2 is 2.06 bits per heavy atom. The first-order valence-electron chi connectivity index (χ1n) is 6.74. The standard InChI is InChI=1S/C13H27N3O/c1-6-8-12-14-11(7-2)13(17)16(12)10(3)9-15(4)5/h10-12,14H,6-9H2,1-5H3. The molecular formula is C13H27N3O. The fraction of sp³-hybridized carbons (Fsp3) is 0.923. The van der Waals surface area contributed by atoms with E-state index in [4.69, 9.17) is 0 Å². The Bertz CT molecular complexity index is 255. The SMILES string of the molecule is CCCC1NC(CC)C(=O)N1C(C)CN(C)C. The van der Waals surface area contributed by atoms with Gasteiger partial charge in [0.25, 0.3) is 0 Å². The van der Waals surface area contributed by atoms with Crippen LogP contribution >= 0.6 is 0 Å². The van der Waals surface area contributed by atoms with Gasteiger partial charge in [-0.05, 0) is 33.9 Å². The van der Waals surface area contributed by atoms with Crippen LogP contribution in [0.1, 0.15) is 40.0 Å². The number of carbonyl (C=O) groups excluding carboxylic acids is 1. The topological polar surface area (TPSA) is 35.6 Å². The van der Waals surface area contributed by atoms with Gasteiger partial charge < -0.3 is 9.80 Å². The molecule has 1 rings (SSSR count). The van der Waals surface area contributed by atoms with Gasteiger partial charge in [-0.25, -0.2) is 0 Å². The highest BCUT2D eigenvalue weighted by molar-refractivity contribution is 5.84. The van der Waals surface area contributed by atoms with Crippen molar-refractivity contribution in [1.29, 1.82) is 0 Å². The van der Waals surface area contributed by atoms with Crippen LogP contribution in [-0.2, 0) is 4.79 Å². The molecule has 1 N–H and O–H groups in total. The Labute approximate surface area is 105 Å². The predicted molar refractivity (Wildman–Crippen MR) is 70.8 cm³/mol. The lowest BCUT2D eigenvalue weighted by atomic mass is 10.2. The largest absolute Gasteiger partial charge is 0.322 e. The maximum absolute atomic E-state index is 12.3. The van der Waals surface area contributed by atoms with Crippen molar-refractivity contribution in [2.24, 2.45) is 0 Å². The third-order valence-corrected chi connectivity index (χ3v) is 3.36. The van der Waals surface area contributed by atoms with E-state index in [9.17, 15) is 4.79 Å². The summed E-state index contributed by atoms with van der Waals surface area (Å²) < 4.78 is 0. The minimum absolute atomic E-state index is 0.0242. The minimum Gasteiger partial charge on any atom is -0.322 e. The highest BCUT2D eigenvalue weighted by Crippen LogP contribution is 2.20. The number of hydrogen-bond acceptors (Lipinski definition) is 3. The normalized spacial score (nSPS) is 26.9. The summed E-state index contributed by atoms with van der Waals surface area (Å²) in [4.78, 5) is 16.5. The third-order valence-electron chi connectivity index (χ3n) is 3.36. The van der Waals surface area contributed by atoms with Gasteiger partial charge in [-0.2, -0.15) is 0 Å². The molecule has 0 bridgehead atoms. The van der Waals surface area contributed by atoms with Gasteiger partial charge in [-0.3, -0.25) is 10.1 Å². The lowest BCUT2D eigenvalue weighted by Crippen LogP contribution is -2.47. The number of nitrogens with zero attached hydrogens (tertiary/aromatic N) is 2. The highest BCUT2D eigenvalue weighted by Gasteiger charge is 2.39. The second kappa shape index (κ2) is 6.36. The van der Waals surface area contributed by atoms with E-state index < -0.39 is 0 Å². The average Bonchev–Trinajstić information content (AvgIpc) is 2.54. The molecule has 17 heavy (non-hydrogen) atoms. The number of hydrogen-bond donors (Lipinski definition) is 1. The summed E-state index contributed by atoms with van der Waals surface area (Å²) in [5, 5.41) is 3.45. The minimum atomic E-state index is 0.0242. The molecule has 0 aromatic rings. The summed E-state index contributed by atoms with van der Waals surface area (Å²) in [6, 6.07) is 0.300. The average molecular weight is 241 g/mol. The molecule has 1 heterocycles. The molecule has 1 amide bonds. The lowest BCUT2D eigenvalue weighted by molar-refractivity contribution is -0.132. The molecule has 4 heteroatoms. The van der Waals surface area contributed by atoms with Gasteiger partial charge in [0.2, 0.25) is 5.91 Å². The van der Waals surface area contributed by atoms with Crippen molar-refractivity contribution in [1.82, 2.24) is 15.1 Å². The van der Waals surface area contributed by atoms with E-state index in [1.807, 2.05) is 0 Å². The molecule has 0 radical (unpaired) electrons. The number of amides is 1. The molecule has 0 aromatic heterocycles. The molecular weight excluding hydrogens is 214 g/mol. The maximum atomic E-state index is 12.3. The summed E-state index contributed by atoms with van der Waals surface area (Å²) in [6.07, 6.45) is 3.25. The Morgan fingerprint density at radius 1 is 1.41 bits per heavy atom. The summed E-state index contributed by atoms with van der Waals surface area (Å²) in [5.74, 6) is 0.278. The molecule has 1 fully saturated rings. The van der Waals surface area contributed by atoms with Crippen LogP contribution in [0, 0.1) is 0 Å². The van der Waals surface area contributed by atoms with Crippen molar-refractivity contribution in [3.63, 3.8) is 0 Å². The van der Waals surface area contributed by atoms with Gasteiger partial charge in [0.15, 0.2) is 0 Å². The van der Waals surface area contributed by atoms with E-state index in [2.05, 4.69) is 50.0 Å². The molecule has 1 aliphatic heterocycles. The van der Waals surface area contributed by atoms with Crippen molar-refractivity contribution in [2.45, 2.75) is 58.3 Å². The molecule has 3 unspecified atom stereocenters. The van der Waals surface area contributed by atoms with Gasteiger partial charge in [-0.15, -0.1) is 0 Å². The van der Waals surface area contributed by atoms with E-state index >= 15 is 0 Å². The molecule has 0 aliphatic carbocycles. The van der Waals surface area contributed by atoms with Crippen LogP contribution in [0.2, 0.25) is 0 Å². The molecule has 1 aliphatic rings. The Morgan fingerprint density at radius 3 is 2.53 bits per heavy atom. The Hall–Kier alpha value is -0.610. The lowest BCUT2D eigenvalue weighted by Gasteiger charge is -2.32. The quantitative estimate of drug-likeness (QED) is 0.761. The highest BCUT2D eigenvalue weighted by atomic mass is 16.2. The zero-order chi connectivity index (χ0) is 13.0. The van der Waals surface area contributed by atoms with E-state index in [0.717, 1.165) is 25.8 Å². The first-order valence-corrected chi connectivity index (χ1v) is 6.74. The summed E-state index contributed by atoms with van der Waals surface area (Å²) in [5.41, 5.74) is 0. The van der Waals surface area contributed by atoms with Gasteiger partial charge in [-0.1, -0.05) is 20.3 Å². The molecule has 0 saturated carbocycles. The molecule has 0 aromatic carbocycles. The van der Waals surface area contributed by atoms with Crippen molar-refractivity contribution < 1.29 is 4.79 Å². The summed E-state index contributed by atoms with van der Waals surface area (Å²) in [7, 11) is 4.10. The fourth-order valence-corrected chi connectivity index (χ4v) is 2.65. The zero-order valence-electron chi connectivity index (χ0n) is 11.9. The van der Waals surface area contributed by atoms with Crippen LogP contribution in [0.15, 0.2) is 0 Å². The monoisotopic (exact) mass is 241 g/mol. The second-order valence-electron chi connectivity index (χ2n) is 5.29. The Kier molecular flexibility index (Phi) is 5.40. The predicted octanol–water partition coefficient (Wildman–Crippen LogP) is 1.27. The molecule has 100 valence electrons. The zero-order valence-corrected chi connectivity index (χ0v) is 11.9. The van der Waals surface area contributed by atoms with Crippen molar-refractivity contribution >= 4 is 5.91 Å². The molecule has 0 spiro atoms. The second-order valence-corrected chi connectivity index (χ2v) is 5.29. The Balaban J connectivity index is 2.73. The van der Waals surface area contributed by atoms with Gasteiger partial charge in [0.05, 0.1) is 12.2 Å². The number of carbonyl (C=O) groups is 1. The van der Waals surface area contributed by atoms with E-state index in [0.29, 0.717) is 0 Å². The molecule has 4 nitrogen and oxygen atoms in total. The van der Waals surface area contributed by atoms with Crippen LogP contribution in [0.3, 0.4) is 0 Å². The first kappa shape index (κ1) is 14.5. The van der Waals surface area contributed by atoms with Crippen LogP contribution in [-0.4, -0.2) is 54.6 Å². The number of likely N-dealkylation sites (N-methyl/N-ethyl adjacent to an activating group) is 1. The van der Waals surface area contributed by atoms with Crippen molar-refractivity contribution in [2.75, 3.05) is 20.6 Å². The summed E-state index contributed by atoms with van der Waals surface area (Å²) >= 11 is 0. The fourth-order valence-electron chi connectivity index (χ4n) is 2.65. The number of nitrogens with one attached hydrogen (secondary N) is 1. The van der Waals surface area contributed by atoms with E-state index in [-0.39, 0.29) is 24.2 Å². The van der Waals surface area contributed by atoms with Gasteiger partial charge >= 0.3 is 0 Å². The van der Waals surface area contributed by atoms with E-state index in [1.54, 1.807) is 0 Å². The van der Waals surface area contributed by atoms with Crippen molar-refractivity contribution in [3.8, 4) is 0 Å². The third kappa shape index (κ3) is 3.42. The van der Waals surface area contributed by atoms with Crippen LogP contribution < -0.4 is 5.32 Å². The maximum Gasteiger partial charge on any atom is 0.241 e. The van der Waals surface area contributed by atoms with Crippen molar-refractivity contribution in [3.05, 3.63) is 0 Å². The van der Waals surface area contributed by atoms with Crippen LogP contribution in [0.4, 0.5) is 0 Å². The summed E-state index contributed by atoms with van der Waals surface area (Å²) in [6.45, 7) is 7.29.